The normalized spacial score (nSPS) is 18.6. The van der Waals surface area contributed by atoms with E-state index in [9.17, 15) is 4.79 Å². The van der Waals surface area contributed by atoms with Crippen LogP contribution in [0.25, 0.3) is 6.08 Å². The van der Waals surface area contributed by atoms with Gasteiger partial charge in [0, 0.05) is 36.6 Å². The smallest absolute Gasteiger partial charge is 0.225 e. The van der Waals surface area contributed by atoms with Crippen LogP contribution < -0.4 is 9.64 Å². The van der Waals surface area contributed by atoms with Gasteiger partial charge in [-0.3, -0.25) is 4.79 Å². The molecule has 24 heavy (non-hydrogen) atoms. The van der Waals surface area contributed by atoms with E-state index in [-0.39, 0.29) is 12.4 Å². The van der Waals surface area contributed by atoms with E-state index < -0.39 is 0 Å². The summed E-state index contributed by atoms with van der Waals surface area (Å²) in [5, 5.41) is 0. The number of anilines is 1. The first-order valence-corrected chi connectivity index (χ1v) is 8.27. The van der Waals surface area contributed by atoms with E-state index in [2.05, 4.69) is 14.9 Å². The molecule has 122 valence electrons. The maximum atomic E-state index is 12.7. The van der Waals surface area contributed by atoms with Crippen LogP contribution in [0.15, 0.2) is 36.2 Å². The fourth-order valence-electron chi connectivity index (χ4n) is 3.21. The minimum atomic E-state index is 0.0172. The van der Waals surface area contributed by atoms with E-state index in [4.69, 9.17) is 4.74 Å². The first kappa shape index (κ1) is 14.9. The summed E-state index contributed by atoms with van der Waals surface area (Å²) < 4.78 is 5.78. The largest absolute Gasteiger partial charge is 0.488 e. The first-order chi connectivity index (χ1) is 11.7. The second kappa shape index (κ2) is 6.07. The van der Waals surface area contributed by atoms with Crippen molar-refractivity contribution in [3.05, 3.63) is 52.9 Å². The van der Waals surface area contributed by atoms with E-state index in [1.54, 1.807) is 12.4 Å². The van der Waals surface area contributed by atoms with Crippen LogP contribution in [0.4, 0.5) is 5.95 Å². The quantitative estimate of drug-likeness (QED) is 0.796. The minimum absolute atomic E-state index is 0.0172. The zero-order chi connectivity index (χ0) is 16.5. The molecule has 0 unspecified atom stereocenters. The van der Waals surface area contributed by atoms with Crippen LogP contribution in [0.3, 0.4) is 0 Å². The summed E-state index contributed by atoms with van der Waals surface area (Å²) >= 11 is 0. The second-order valence-corrected chi connectivity index (χ2v) is 6.25. The van der Waals surface area contributed by atoms with Crippen molar-refractivity contribution in [2.45, 2.75) is 19.8 Å². The summed E-state index contributed by atoms with van der Waals surface area (Å²) in [6, 6.07) is 5.64. The van der Waals surface area contributed by atoms with Gasteiger partial charge in [-0.2, -0.15) is 0 Å². The van der Waals surface area contributed by atoms with Gasteiger partial charge in [0.05, 0.1) is 5.56 Å². The Morgan fingerprint density at radius 2 is 1.92 bits per heavy atom. The van der Waals surface area contributed by atoms with Gasteiger partial charge in [-0.25, -0.2) is 9.97 Å². The Balaban J connectivity index is 1.58. The van der Waals surface area contributed by atoms with Crippen molar-refractivity contribution in [1.82, 2.24) is 9.97 Å². The number of nitrogens with zero attached hydrogens (tertiary/aromatic N) is 3. The topological polar surface area (TPSA) is 55.3 Å². The maximum Gasteiger partial charge on any atom is 0.225 e. The number of hydrogen-bond donors (Lipinski definition) is 0. The molecule has 0 spiro atoms. The Bertz CT molecular complexity index is 806. The van der Waals surface area contributed by atoms with Crippen LogP contribution in [0.1, 0.15) is 34.3 Å². The molecule has 5 heteroatoms. The third-order valence-corrected chi connectivity index (χ3v) is 4.51. The molecule has 0 bridgehead atoms. The second-order valence-electron chi connectivity index (χ2n) is 6.25. The van der Waals surface area contributed by atoms with Crippen molar-refractivity contribution in [1.29, 1.82) is 0 Å². The van der Waals surface area contributed by atoms with Gasteiger partial charge in [0.1, 0.15) is 12.4 Å². The van der Waals surface area contributed by atoms with Crippen LogP contribution in [0, 0.1) is 6.92 Å². The zero-order valence-corrected chi connectivity index (χ0v) is 13.7. The third kappa shape index (κ3) is 2.66. The van der Waals surface area contributed by atoms with Gasteiger partial charge in [0.25, 0.3) is 0 Å². The minimum Gasteiger partial charge on any atom is -0.488 e. The molecule has 2 aliphatic heterocycles. The van der Waals surface area contributed by atoms with E-state index >= 15 is 0 Å². The highest BCUT2D eigenvalue weighted by Gasteiger charge is 2.24. The number of para-hydroxylation sites is 1. The number of ether oxygens (including phenoxy) is 1. The highest BCUT2D eigenvalue weighted by atomic mass is 16.5. The third-order valence-electron chi connectivity index (χ3n) is 4.51. The molecule has 1 aromatic heterocycles. The standard InChI is InChI=1S/C19H19N3O2/c1-13-5-4-6-16-17(23)15(12-24-18(13)16)9-14-10-20-19(21-11-14)22-7-2-3-8-22/h4-6,9-11H,2-3,7-8,12H2,1H3. The van der Waals surface area contributed by atoms with E-state index in [0.717, 1.165) is 30.2 Å². The molecule has 2 aliphatic rings. The number of benzene rings is 1. The molecule has 0 aliphatic carbocycles. The molecule has 0 amide bonds. The molecule has 0 radical (unpaired) electrons. The lowest BCUT2D eigenvalue weighted by Gasteiger charge is -2.20. The molecule has 2 aromatic rings. The molecular weight excluding hydrogens is 302 g/mol. The summed E-state index contributed by atoms with van der Waals surface area (Å²) in [6.45, 7) is 4.27. The van der Waals surface area contributed by atoms with Crippen LogP contribution in [-0.4, -0.2) is 35.4 Å². The summed E-state index contributed by atoms with van der Waals surface area (Å²) in [7, 11) is 0. The number of rotatable bonds is 2. The number of ketones is 1. The average molecular weight is 321 g/mol. The van der Waals surface area contributed by atoms with Gasteiger partial charge in [0.2, 0.25) is 5.95 Å². The van der Waals surface area contributed by atoms with E-state index in [0.29, 0.717) is 16.9 Å². The molecule has 0 atom stereocenters. The fraction of sp³-hybridized carbons (Fsp3) is 0.316. The summed E-state index contributed by atoms with van der Waals surface area (Å²) in [5.74, 6) is 1.48. The predicted octanol–water partition coefficient (Wildman–Crippen LogP) is 3.04. The van der Waals surface area contributed by atoms with Gasteiger partial charge < -0.3 is 9.64 Å². The van der Waals surface area contributed by atoms with Crippen molar-refractivity contribution in [3.63, 3.8) is 0 Å². The lowest BCUT2D eigenvalue weighted by Crippen LogP contribution is -2.20. The lowest BCUT2D eigenvalue weighted by atomic mass is 9.97. The Kier molecular flexibility index (Phi) is 3.76. The summed E-state index contributed by atoms with van der Waals surface area (Å²) in [6.07, 6.45) is 7.75. The average Bonchev–Trinajstić information content (AvgIpc) is 3.13. The van der Waals surface area contributed by atoms with Crippen molar-refractivity contribution >= 4 is 17.8 Å². The van der Waals surface area contributed by atoms with Gasteiger partial charge in [-0.05, 0) is 37.5 Å². The zero-order valence-electron chi connectivity index (χ0n) is 13.7. The van der Waals surface area contributed by atoms with Gasteiger partial charge in [-0.15, -0.1) is 0 Å². The monoisotopic (exact) mass is 321 g/mol. The Labute approximate surface area is 141 Å². The number of aromatic nitrogens is 2. The molecular formula is C19H19N3O2. The van der Waals surface area contributed by atoms with Crippen LogP contribution in [-0.2, 0) is 0 Å². The fourth-order valence-corrected chi connectivity index (χ4v) is 3.21. The molecule has 4 rings (SSSR count). The number of carbonyl (C=O) groups is 1. The molecule has 3 heterocycles. The first-order valence-electron chi connectivity index (χ1n) is 8.27. The molecule has 0 N–H and O–H groups in total. The molecule has 1 fully saturated rings. The van der Waals surface area contributed by atoms with Gasteiger partial charge in [0.15, 0.2) is 5.78 Å². The summed E-state index contributed by atoms with van der Waals surface area (Å²) in [4.78, 5) is 23.7. The molecule has 0 saturated carbocycles. The van der Waals surface area contributed by atoms with Crippen LogP contribution >= 0.6 is 0 Å². The number of aryl methyl sites for hydroxylation is 1. The number of carbonyl (C=O) groups excluding carboxylic acids is 1. The van der Waals surface area contributed by atoms with Crippen LogP contribution in [0.5, 0.6) is 5.75 Å². The number of fused-ring (bicyclic) bond motifs is 1. The van der Waals surface area contributed by atoms with Gasteiger partial charge >= 0.3 is 0 Å². The maximum absolute atomic E-state index is 12.7. The SMILES string of the molecule is Cc1cccc2c1OCC(=Cc1cnc(N3CCCC3)nc1)C2=O. The Hall–Kier alpha value is -2.69. The lowest BCUT2D eigenvalue weighted by molar-refractivity contribution is 0.100. The molecule has 1 saturated heterocycles. The predicted molar refractivity (Wildman–Crippen MR) is 92.5 cm³/mol. The van der Waals surface area contributed by atoms with Crippen molar-refractivity contribution in [2.24, 2.45) is 0 Å². The Morgan fingerprint density at radius 1 is 1.17 bits per heavy atom. The van der Waals surface area contributed by atoms with Gasteiger partial charge in [-0.1, -0.05) is 12.1 Å². The van der Waals surface area contributed by atoms with Crippen molar-refractivity contribution in [2.75, 3.05) is 24.6 Å². The molecule has 5 nitrogen and oxygen atoms in total. The van der Waals surface area contributed by atoms with Crippen molar-refractivity contribution < 1.29 is 9.53 Å². The Morgan fingerprint density at radius 3 is 2.67 bits per heavy atom. The number of hydrogen-bond acceptors (Lipinski definition) is 5. The van der Waals surface area contributed by atoms with Crippen molar-refractivity contribution in [3.8, 4) is 5.75 Å². The number of Topliss-reactive ketones (excluding diaryl/α,β-unsaturated/α-hetero) is 1. The highest BCUT2D eigenvalue weighted by Crippen LogP contribution is 2.30. The summed E-state index contributed by atoms with van der Waals surface area (Å²) in [5.41, 5.74) is 3.06. The van der Waals surface area contributed by atoms with E-state index in [1.807, 2.05) is 31.2 Å². The highest BCUT2D eigenvalue weighted by molar-refractivity contribution is 6.14. The van der Waals surface area contributed by atoms with Crippen LogP contribution in [0.2, 0.25) is 0 Å². The van der Waals surface area contributed by atoms with E-state index in [1.165, 1.54) is 12.8 Å². The molecule has 1 aromatic carbocycles.